The summed E-state index contributed by atoms with van der Waals surface area (Å²) >= 11 is 4.59. The van der Waals surface area contributed by atoms with Crippen molar-refractivity contribution in [2.45, 2.75) is 13.8 Å². The average molecular weight is 353 g/mol. The van der Waals surface area contributed by atoms with Crippen molar-refractivity contribution in [2.24, 2.45) is 0 Å². The Bertz CT molecular complexity index is 647. The number of amides is 2. The van der Waals surface area contributed by atoms with Crippen molar-refractivity contribution in [3.63, 3.8) is 0 Å². The number of nitrogens with one attached hydrogen (secondary N) is 2. The molecule has 20 heavy (non-hydrogen) atoms. The highest BCUT2D eigenvalue weighted by molar-refractivity contribution is 9.11. The van der Waals surface area contributed by atoms with Gasteiger partial charge in [0, 0.05) is 5.56 Å². The fourth-order valence-electron chi connectivity index (χ4n) is 1.79. The van der Waals surface area contributed by atoms with Gasteiger partial charge >= 0.3 is 0 Å². The number of benzene rings is 1. The summed E-state index contributed by atoms with van der Waals surface area (Å²) in [6, 6.07) is 9.00. The summed E-state index contributed by atoms with van der Waals surface area (Å²) in [5.41, 5.74) is 7.34. The van der Waals surface area contributed by atoms with E-state index in [4.69, 9.17) is 0 Å². The van der Waals surface area contributed by atoms with E-state index in [1.807, 2.05) is 19.9 Å². The standard InChI is InChI=1S/C14H13BrN2O2S/c1-8-5-9(2)7-10(6-8)13(18)16-17-14(19)11-3-4-12(15)20-11/h3-7H,1-2H3,(H,16,18)(H,17,19). The van der Waals surface area contributed by atoms with Crippen LogP contribution in [-0.4, -0.2) is 11.8 Å². The Morgan fingerprint density at radius 2 is 1.60 bits per heavy atom. The Morgan fingerprint density at radius 3 is 2.15 bits per heavy atom. The minimum atomic E-state index is -0.335. The molecule has 0 aliphatic heterocycles. The normalized spacial score (nSPS) is 10.2. The van der Waals surface area contributed by atoms with Crippen molar-refractivity contribution in [2.75, 3.05) is 0 Å². The smallest absolute Gasteiger partial charge is 0.267 e. The fourth-order valence-corrected chi connectivity index (χ4v) is 3.07. The molecule has 2 aromatic rings. The van der Waals surface area contributed by atoms with Crippen LogP contribution in [0.25, 0.3) is 0 Å². The van der Waals surface area contributed by atoms with Crippen LogP contribution in [-0.2, 0) is 0 Å². The third kappa shape index (κ3) is 3.68. The van der Waals surface area contributed by atoms with Crippen LogP contribution >= 0.6 is 27.3 Å². The Morgan fingerprint density at radius 1 is 1.00 bits per heavy atom. The summed E-state index contributed by atoms with van der Waals surface area (Å²) in [7, 11) is 0. The second-order valence-corrected chi connectivity index (χ2v) is 6.85. The van der Waals surface area contributed by atoms with Crippen LogP contribution in [0.2, 0.25) is 0 Å². The summed E-state index contributed by atoms with van der Waals surface area (Å²) in [6.45, 7) is 3.84. The molecule has 0 aliphatic carbocycles. The molecule has 4 nitrogen and oxygen atoms in total. The summed E-state index contributed by atoms with van der Waals surface area (Å²) in [5, 5.41) is 0. The van der Waals surface area contributed by atoms with Crippen LogP contribution in [0.15, 0.2) is 34.1 Å². The minimum Gasteiger partial charge on any atom is -0.267 e. The number of thiophene rings is 1. The molecule has 2 rings (SSSR count). The predicted octanol–water partition coefficient (Wildman–Crippen LogP) is 3.20. The van der Waals surface area contributed by atoms with E-state index in [2.05, 4.69) is 26.8 Å². The van der Waals surface area contributed by atoms with Crippen LogP contribution in [0.4, 0.5) is 0 Å². The highest BCUT2D eigenvalue weighted by Crippen LogP contribution is 2.21. The number of hydrogen-bond donors (Lipinski definition) is 2. The first-order valence-electron chi connectivity index (χ1n) is 5.90. The largest absolute Gasteiger partial charge is 0.279 e. The maximum atomic E-state index is 12.0. The first-order valence-corrected chi connectivity index (χ1v) is 7.51. The molecule has 0 saturated carbocycles. The van der Waals surface area contributed by atoms with Gasteiger partial charge in [0.2, 0.25) is 0 Å². The van der Waals surface area contributed by atoms with Crippen LogP contribution in [0.1, 0.15) is 31.2 Å². The molecule has 104 valence electrons. The minimum absolute atomic E-state index is 0.333. The molecular formula is C14H13BrN2O2S. The first-order chi connectivity index (χ1) is 9.45. The van der Waals surface area contributed by atoms with Gasteiger partial charge < -0.3 is 0 Å². The van der Waals surface area contributed by atoms with Gasteiger partial charge in [-0.05, 0) is 54.0 Å². The van der Waals surface area contributed by atoms with Crippen LogP contribution in [0.3, 0.4) is 0 Å². The van der Waals surface area contributed by atoms with E-state index in [9.17, 15) is 9.59 Å². The van der Waals surface area contributed by atoms with Crippen LogP contribution in [0, 0.1) is 13.8 Å². The molecule has 0 bridgehead atoms. The third-order valence-electron chi connectivity index (χ3n) is 2.57. The number of carbonyl (C=O) groups excluding carboxylic acids is 2. The van der Waals surface area contributed by atoms with Crippen molar-refractivity contribution in [3.8, 4) is 0 Å². The quantitative estimate of drug-likeness (QED) is 0.815. The number of rotatable bonds is 2. The Kier molecular flexibility index (Phi) is 4.57. The molecule has 0 saturated heterocycles. The zero-order valence-electron chi connectivity index (χ0n) is 11.0. The predicted molar refractivity (Wildman–Crippen MR) is 82.9 cm³/mol. The van der Waals surface area contributed by atoms with E-state index < -0.39 is 0 Å². The van der Waals surface area contributed by atoms with Gasteiger partial charge in [-0.1, -0.05) is 17.2 Å². The summed E-state index contributed by atoms with van der Waals surface area (Å²) in [6.07, 6.45) is 0. The number of hydrazine groups is 1. The van der Waals surface area contributed by atoms with Crippen LogP contribution in [0.5, 0.6) is 0 Å². The molecule has 0 unspecified atom stereocenters. The van der Waals surface area contributed by atoms with Crippen molar-refractivity contribution < 1.29 is 9.59 Å². The molecule has 0 fully saturated rings. The summed E-state index contributed by atoms with van der Waals surface area (Å²) in [5.74, 6) is -0.667. The van der Waals surface area contributed by atoms with Gasteiger partial charge in [-0.3, -0.25) is 20.4 Å². The lowest BCUT2D eigenvalue weighted by molar-refractivity contribution is 0.0849. The third-order valence-corrected chi connectivity index (χ3v) is 4.19. The maximum absolute atomic E-state index is 12.0. The lowest BCUT2D eigenvalue weighted by Crippen LogP contribution is -2.41. The molecule has 0 aliphatic rings. The van der Waals surface area contributed by atoms with E-state index >= 15 is 0 Å². The zero-order valence-corrected chi connectivity index (χ0v) is 13.4. The molecule has 2 N–H and O–H groups in total. The molecule has 0 radical (unpaired) electrons. The van der Waals surface area contributed by atoms with Gasteiger partial charge in [-0.15, -0.1) is 11.3 Å². The van der Waals surface area contributed by atoms with Crippen molar-refractivity contribution in [1.29, 1.82) is 0 Å². The fraction of sp³-hybridized carbons (Fsp3) is 0.143. The highest BCUT2D eigenvalue weighted by Gasteiger charge is 2.11. The van der Waals surface area contributed by atoms with E-state index in [0.717, 1.165) is 14.9 Å². The monoisotopic (exact) mass is 352 g/mol. The molecule has 2 amide bonds. The van der Waals surface area contributed by atoms with E-state index in [1.165, 1.54) is 11.3 Å². The Labute approximate surface area is 129 Å². The summed E-state index contributed by atoms with van der Waals surface area (Å²) < 4.78 is 0.864. The number of aryl methyl sites for hydroxylation is 2. The number of halogens is 1. The van der Waals surface area contributed by atoms with Gasteiger partial charge in [0.15, 0.2) is 0 Å². The molecule has 0 spiro atoms. The maximum Gasteiger partial charge on any atom is 0.279 e. The number of hydrogen-bond acceptors (Lipinski definition) is 3. The van der Waals surface area contributed by atoms with E-state index in [0.29, 0.717) is 10.4 Å². The van der Waals surface area contributed by atoms with Crippen LogP contribution < -0.4 is 10.9 Å². The Balaban J connectivity index is 2.00. The second kappa shape index (κ2) is 6.19. The van der Waals surface area contributed by atoms with E-state index in [-0.39, 0.29) is 11.8 Å². The van der Waals surface area contributed by atoms with Crippen molar-refractivity contribution in [3.05, 3.63) is 55.7 Å². The average Bonchev–Trinajstić information content (AvgIpc) is 2.81. The van der Waals surface area contributed by atoms with E-state index in [1.54, 1.807) is 24.3 Å². The lowest BCUT2D eigenvalue weighted by atomic mass is 10.1. The molecule has 0 atom stereocenters. The lowest BCUT2D eigenvalue weighted by Gasteiger charge is -2.07. The molecule has 1 aromatic carbocycles. The molecule has 1 aromatic heterocycles. The van der Waals surface area contributed by atoms with Gasteiger partial charge in [0.05, 0.1) is 8.66 Å². The summed E-state index contributed by atoms with van der Waals surface area (Å²) in [4.78, 5) is 24.3. The SMILES string of the molecule is Cc1cc(C)cc(C(=O)NNC(=O)c2ccc(Br)s2)c1. The number of carbonyl (C=O) groups is 2. The first kappa shape index (κ1) is 14.7. The highest BCUT2D eigenvalue weighted by atomic mass is 79.9. The van der Waals surface area contributed by atoms with Gasteiger partial charge in [0.25, 0.3) is 11.8 Å². The van der Waals surface area contributed by atoms with Crippen molar-refractivity contribution >= 4 is 39.1 Å². The Hall–Kier alpha value is -1.66. The van der Waals surface area contributed by atoms with Gasteiger partial charge in [-0.2, -0.15) is 0 Å². The molecule has 1 heterocycles. The zero-order chi connectivity index (χ0) is 14.7. The van der Waals surface area contributed by atoms with Crippen molar-refractivity contribution in [1.82, 2.24) is 10.9 Å². The molecule has 6 heteroatoms. The molecular weight excluding hydrogens is 340 g/mol. The van der Waals surface area contributed by atoms with Gasteiger partial charge in [0.1, 0.15) is 0 Å². The topological polar surface area (TPSA) is 58.2 Å². The second-order valence-electron chi connectivity index (χ2n) is 4.39. The van der Waals surface area contributed by atoms with Gasteiger partial charge in [-0.25, -0.2) is 0 Å².